The van der Waals surface area contributed by atoms with Crippen LogP contribution in [-0.4, -0.2) is 68.5 Å². The highest BCUT2D eigenvalue weighted by atomic mass is 31.2. The number of hydrogen-bond acceptors (Lipinski definition) is 6. The molecule has 0 spiro atoms. The van der Waals surface area contributed by atoms with Crippen LogP contribution in [0.15, 0.2) is 24.3 Å². The fourth-order valence-electron chi connectivity index (χ4n) is 6.18. The second-order valence-electron chi connectivity index (χ2n) is 16.1. The monoisotopic (exact) mass is 757 g/mol. The number of likely N-dealkylation sites (N-methyl/N-ethyl adjacent to an activating group) is 1. The van der Waals surface area contributed by atoms with E-state index in [1.165, 1.54) is 141 Å². The lowest BCUT2D eigenvalue weighted by Gasteiger charge is -2.29. The molecule has 0 fully saturated rings. The smallest absolute Gasteiger partial charge is 0.268 e. The number of hydrogen-bond donors (Lipinski definition) is 2. The number of quaternary nitrogens is 1. The molecule has 0 rings (SSSR count). The minimum Gasteiger partial charge on any atom is -0.756 e. The molecule has 8 nitrogen and oxygen atoms in total. The van der Waals surface area contributed by atoms with Crippen molar-refractivity contribution in [1.82, 2.24) is 5.32 Å². The van der Waals surface area contributed by atoms with Crippen LogP contribution in [0.1, 0.15) is 194 Å². The first-order valence-electron chi connectivity index (χ1n) is 21.7. The number of rotatable bonds is 39. The summed E-state index contributed by atoms with van der Waals surface area (Å²) in [5.74, 6) is -0.272. The van der Waals surface area contributed by atoms with Gasteiger partial charge in [-0.3, -0.25) is 9.36 Å². The summed E-state index contributed by atoms with van der Waals surface area (Å²) in [6.07, 6.45) is 40.8. The van der Waals surface area contributed by atoms with Crippen molar-refractivity contribution >= 4 is 13.7 Å². The van der Waals surface area contributed by atoms with E-state index in [4.69, 9.17) is 9.05 Å². The number of phosphoric acid groups is 1. The molecule has 1 unspecified atom stereocenters. The van der Waals surface area contributed by atoms with Gasteiger partial charge in [0.2, 0.25) is 5.91 Å². The van der Waals surface area contributed by atoms with Gasteiger partial charge < -0.3 is 28.8 Å². The Labute approximate surface area is 322 Å². The Kier molecular flexibility index (Phi) is 35.0. The van der Waals surface area contributed by atoms with Crippen molar-refractivity contribution in [2.75, 3.05) is 40.9 Å². The van der Waals surface area contributed by atoms with Crippen LogP contribution in [-0.2, 0) is 18.4 Å². The van der Waals surface area contributed by atoms with Crippen LogP contribution < -0.4 is 10.2 Å². The van der Waals surface area contributed by atoms with E-state index in [0.29, 0.717) is 17.4 Å². The summed E-state index contributed by atoms with van der Waals surface area (Å²) in [6, 6.07) is -0.877. The van der Waals surface area contributed by atoms with Gasteiger partial charge in [0.1, 0.15) is 13.2 Å². The number of nitrogens with zero attached hydrogens (tertiary/aromatic N) is 1. The Balaban J connectivity index is 4.46. The minimum absolute atomic E-state index is 0.00431. The zero-order valence-electron chi connectivity index (χ0n) is 34.8. The van der Waals surface area contributed by atoms with E-state index in [2.05, 4.69) is 25.2 Å². The normalized spacial score (nSPS) is 14.7. The summed E-state index contributed by atoms with van der Waals surface area (Å²) < 4.78 is 23.1. The van der Waals surface area contributed by atoms with Crippen molar-refractivity contribution in [3.63, 3.8) is 0 Å². The molecular weight excluding hydrogens is 671 g/mol. The van der Waals surface area contributed by atoms with E-state index in [9.17, 15) is 19.4 Å². The molecule has 0 aromatic heterocycles. The number of aliphatic hydroxyl groups is 1. The van der Waals surface area contributed by atoms with Crippen molar-refractivity contribution in [1.29, 1.82) is 0 Å². The molecule has 308 valence electrons. The van der Waals surface area contributed by atoms with Crippen LogP contribution in [0.25, 0.3) is 0 Å². The van der Waals surface area contributed by atoms with Crippen LogP contribution in [0.5, 0.6) is 0 Å². The van der Waals surface area contributed by atoms with E-state index >= 15 is 0 Å². The SMILES string of the molecule is CCCCCCCCCCCCC=CC[C@@H](O)[C@H](COP(=O)([O-])OCC[N+](C)(C)C)NC(=O)CC=CCCCCCCCCCCCCCCCC. The molecule has 0 saturated carbocycles. The van der Waals surface area contributed by atoms with Gasteiger partial charge in [0.25, 0.3) is 7.82 Å². The molecule has 0 aromatic rings. The van der Waals surface area contributed by atoms with Gasteiger partial charge in [-0.05, 0) is 32.1 Å². The molecule has 0 saturated heterocycles. The molecule has 0 aliphatic heterocycles. The fourth-order valence-corrected chi connectivity index (χ4v) is 6.91. The summed E-state index contributed by atoms with van der Waals surface area (Å²) in [6.45, 7) is 4.63. The Bertz CT molecular complexity index is 907. The third-order valence-electron chi connectivity index (χ3n) is 9.70. The number of phosphoric ester groups is 1. The first-order chi connectivity index (χ1) is 25.0. The Morgan fingerprint density at radius 1 is 0.654 bits per heavy atom. The second-order valence-corrected chi connectivity index (χ2v) is 17.5. The lowest BCUT2D eigenvalue weighted by Crippen LogP contribution is -2.46. The maximum Gasteiger partial charge on any atom is 0.268 e. The van der Waals surface area contributed by atoms with E-state index in [0.717, 1.165) is 25.7 Å². The van der Waals surface area contributed by atoms with E-state index < -0.39 is 20.0 Å². The maximum atomic E-state index is 12.8. The molecule has 1 amide bonds. The third kappa shape index (κ3) is 37.3. The average molecular weight is 757 g/mol. The molecule has 0 aromatic carbocycles. The molecule has 0 bridgehead atoms. The van der Waals surface area contributed by atoms with Gasteiger partial charge in [0, 0.05) is 6.42 Å². The molecular formula is C43H85N2O6P. The van der Waals surface area contributed by atoms with Crippen LogP contribution >= 0.6 is 7.82 Å². The van der Waals surface area contributed by atoms with Crippen molar-refractivity contribution in [2.24, 2.45) is 0 Å². The fraction of sp³-hybridized carbons (Fsp3) is 0.884. The van der Waals surface area contributed by atoms with Crippen LogP contribution in [0.2, 0.25) is 0 Å². The Hall–Kier alpha value is -1.02. The summed E-state index contributed by atoms with van der Waals surface area (Å²) in [5, 5.41) is 13.7. The van der Waals surface area contributed by atoms with Crippen molar-refractivity contribution < 1.29 is 32.9 Å². The second kappa shape index (κ2) is 35.7. The number of carbonyl (C=O) groups is 1. The van der Waals surface area contributed by atoms with Crippen molar-refractivity contribution in [2.45, 2.75) is 206 Å². The quantitative estimate of drug-likeness (QED) is 0.0280. The van der Waals surface area contributed by atoms with Gasteiger partial charge >= 0.3 is 0 Å². The largest absolute Gasteiger partial charge is 0.756 e. The number of unbranched alkanes of at least 4 members (excludes halogenated alkanes) is 24. The van der Waals surface area contributed by atoms with Gasteiger partial charge in [-0.2, -0.15) is 0 Å². The van der Waals surface area contributed by atoms with Gasteiger partial charge in [0.05, 0.1) is 39.9 Å². The number of allylic oxidation sites excluding steroid dienone is 2. The predicted octanol–water partition coefficient (Wildman–Crippen LogP) is 11.1. The maximum absolute atomic E-state index is 12.8. The van der Waals surface area contributed by atoms with Crippen LogP contribution in [0.3, 0.4) is 0 Å². The van der Waals surface area contributed by atoms with Crippen LogP contribution in [0, 0.1) is 0 Å². The topological polar surface area (TPSA) is 108 Å². The lowest BCUT2D eigenvalue weighted by atomic mass is 10.0. The molecule has 9 heteroatoms. The Morgan fingerprint density at radius 2 is 1.06 bits per heavy atom. The van der Waals surface area contributed by atoms with Gasteiger partial charge in [-0.15, -0.1) is 0 Å². The van der Waals surface area contributed by atoms with Gasteiger partial charge in [0.15, 0.2) is 0 Å². The highest BCUT2D eigenvalue weighted by Crippen LogP contribution is 2.38. The zero-order chi connectivity index (χ0) is 38.6. The number of amides is 1. The third-order valence-corrected chi connectivity index (χ3v) is 10.7. The standard InChI is InChI=1S/C43H85N2O6P/c1-6-8-10-12-14-16-18-20-21-22-23-25-27-29-31-33-35-37-43(47)44-41(40-51-52(48,49)50-39-38-45(3,4)5)42(46)36-34-32-30-28-26-24-19-17-15-13-11-9-7-2/h32-35,41-42,46H,6-31,36-40H2,1-5H3,(H-,44,47,48,49)/t41-,42+/m0/s1. The highest BCUT2D eigenvalue weighted by Gasteiger charge is 2.23. The number of nitrogens with one attached hydrogen (secondary N) is 1. The molecule has 0 aliphatic rings. The van der Waals surface area contributed by atoms with E-state index in [-0.39, 0.29) is 25.5 Å². The Morgan fingerprint density at radius 3 is 1.48 bits per heavy atom. The predicted molar refractivity (Wildman–Crippen MR) is 219 cm³/mol. The van der Waals surface area contributed by atoms with Crippen LogP contribution in [0.4, 0.5) is 0 Å². The van der Waals surface area contributed by atoms with Crippen molar-refractivity contribution in [3.05, 3.63) is 24.3 Å². The summed E-state index contributed by atoms with van der Waals surface area (Å²) in [4.78, 5) is 25.2. The molecule has 0 heterocycles. The highest BCUT2D eigenvalue weighted by molar-refractivity contribution is 7.45. The molecule has 0 radical (unpaired) electrons. The summed E-state index contributed by atoms with van der Waals surface area (Å²) in [7, 11) is 1.25. The van der Waals surface area contributed by atoms with E-state index in [1.807, 2.05) is 39.4 Å². The van der Waals surface area contributed by atoms with Gasteiger partial charge in [-0.1, -0.05) is 179 Å². The zero-order valence-corrected chi connectivity index (χ0v) is 35.7. The molecule has 2 N–H and O–H groups in total. The lowest BCUT2D eigenvalue weighted by molar-refractivity contribution is -0.870. The number of aliphatic hydroxyl groups excluding tert-OH is 1. The summed E-state index contributed by atoms with van der Waals surface area (Å²) >= 11 is 0. The van der Waals surface area contributed by atoms with Crippen molar-refractivity contribution in [3.8, 4) is 0 Å². The first kappa shape index (κ1) is 51.0. The van der Waals surface area contributed by atoms with E-state index in [1.54, 1.807) is 0 Å². The number of carbonyl (C=O) groups excluding carboxylic acids is 1. The summed E-state index contributed by atoms with van der Waals surface area (Å²) in [5.41, 5.74) is 0. The minimum atomic E-state index is -4.59. The average Bonchev–Trinajstić information content (AvgIpc) is 3.09. The van der Waals surface area contributed by atoms with Gasteiger partial charge in [-0.25, -0.2) is 0 Å². The molecule has 52 heavy (non-hydrogen) atoms. The molecule has 3 atom stereocenters. The first-order valence-corrected chi connectivity index (χ1v) is 23.1. The molecule has 0 aliphatic carbocycles.